The summed E-state index contributed by atoms with van der Waals surface area (Å²) in [4.78, 5) is 10.6. The van der Waals surface area contributed by atoms with Gasteiger partial charge in [-0.3, -0.25) is 9.00 Å². The number of carbonyl (C=O) groups is 1. The van der Waals surface area contributed by atoms with Crippen molar-refractivity contribution in [2.24, 2.45) is 0 Å². The highest BCUT2D eigenvalue weighted by atomic mass is 32.2. The Morgan fingerprint density at radius 3 is 2.53 bits per heavy atom. The minimum atomic E-state index is -0.939. The van der Waals surface area contributed by atoms with Crippen molar-refractivity contribution >= 4 is 28.5 Å². The maximum atomic E-state index is 11.5. The normalized spacial score (nSPS) is 14.6. The van der Waals surface area contributed by atoms with Crippen LogP contribution < -0.4 is 0 Å². The van der Waals surface area contributed by atoms with E-state index in [0.717, 1.165) is 17.6 Å². The van der Waals surface area contributed by atoms with E-state index < -0.39 is 16.8 Å². The van der Waals surface area contributed by atoms with Crippen molar-refractivity contribution < 1.29 is 14.1 Å². The lowest BCUT2D eigenvalue weighted by atomic mass is 10.2. The fraction of sp³-hybridized carbons (Fsp3) is 0.727. The molecule has 0 bridgehead atoms. The molecule has 0 fully saturated rings. The first-order chi connectivity index (χ1) is 8.82. The molecule has 1 aromatic rings. The highest BCUT2D eigenvalue weighted by molar-refractivity contribution is 7.99. The second-order valence-electron chi connectivity index (χ2n) is 4.60. The molecule has 1 rings (SSSR count). The molecule has 108 valence electrons. The Morgan fingerprint density at radius 1 is 1.42 bits per heavy atom. The summed E-state index contributed by atoms with van der Waals surface area (Å²) >= 11 is 1.14. The van der Waals surface area contributed by atoms with E-state index in [9.17, 15) is 9.00 Å². The lowest BCUT2D eigenvalue weighted by Gasteiger charge is -2.15. The third-order valence-corrected chi connectivity index (χ3v) is 4.83. The molecule has 0 aliphatic carbocycles. The van der Waals surface area contributed by atoms with Crippen LogP contribution in [-0.2, 0) is 22.1 Å². The molecule has 0 saturated carbocycles. The van der Waals surface area contributed by atoms with E-state index in [4.69, 9.17) is 5.11 Å². The summed E-state index contributed by atoms with van der Waals surface area (Å²) < 4.78 is 13.4. The molecule has 0 amide bonds. The van der Waals surface area contributed by atoms with Gasteiger partial charge in [-0.1, -0.05) is 25.6 Å². The van der Waals surface area contributed by atoms with Crippen molar-refractivity contribution in [3.05, 3.63) is 5.82 Å². The van der Waals surface area contributed by atoms with Crippen LogP contribution in [0, 0.1) is 0 Å². The van der Waals surface area contributed by atoms with Gasteiger partial charge in [0, 0.05) is 34.8 Å². The van der Waals surface area contributed by atoms with Crippen molar-refractivity contribution in [2.45, 2.75) is 43.6 Å². The molecule has 2 atom stereocenters. The van der Waals surface area contributed by atoms with Gasteiger partial charge >= 0.3 is 5.97 Å². The maximum absolute atomic E-state index is 11.5. The Bertz CT molecular complexity index is 474. The fourth-order valence-corrected chi connectivity index (χ4v) is 2.53. The standard InChI is InChI=1S/C11H19N3O3S2/c1-7(2)10-12-13-11(18-6-9(15)16)14(10)5-8(3)19(4)17/h7-8H,5-6H2,1-4H3,(H,15,16). The van der Waals surface area contributed by atoms with E-state index >= 15 is 0 Å². The molecular weight excluding hydrogens is 286 g/mol. The summed E-state index contributed by atoms with van der Waals surface area (Å²) in [5.74, 6) is 0.0342. The second-order valence-corrected chi connectivity index (χ2v) is 7.34. The third-order valence-electron chi connectivity index (χ3n) is 2.59. The molecule has 0 aliphatic heterocycles. The molecule has 1 heterocycles. The van der Waals surface area contributed by atoms with Crippen LogP contribution in [0.2, 0.25) is 0 Å². The lowest BCUT2D eigenvalue weighted by Crippen LogP contribution is -2.20. The van der Waals surface area contributed by atoms with E-state index in [2.05, 4.69) is 10.2 Å². The molecule has 1 aromatic heterocycles. The van der Waals surface area contributed by atoms with Gasteiger partial charge in [0.1, 0.15) is 5.82 Å². The minimum absolute atomic E-state index is 0.0299. The molecule has 0 aromatic carbocycles. The lowest BCUT2D eigenvalue weighted by molar-refractivity contribution is -0.133. The van der Waals surface area contributed by atoms with E-state index in [1.54, 1.807) is 6.26 Å². The number of thioether (sulfide) groups is 1. The number of nitrogens with zero attached hydrogens (tertiary/aromatic N) is 3. The summed E-state index contributed by atoms with van der Waals surface area (Å²) in [5.41, 5.74) is 0. The summed E-state index contributed by atoms with van der Waals surface area (Å²) in [6.45, 7) is 6.43. The largest absolute Gasteiger partial charge is 0.481 e. The zero-order valence-electron chi connectivity index (χ0n) is 11.5. The number of hydrogen-bond acceptors (Lipinski definition) is 5. The maximum Gasteiger partial charge on any atom is 0.313 e. The topological polar surface area (TPSA) is 85.1 Å². The number of hydrogen-bond donors (Lipinski definition) is 1. The van der Waals surface area contributed by atoms with Crippen LogP contribution in [0.15, 0.2) is 5.16 Å². The van der Waals surface area contributed by atoms with Crippen LogP contribution in [0.1, 0.15) is 32.5 Å². The first kappa shape index (κ1) is 16.2. The van der Waals surface area contributed by atoms with Gasteiger partial charge < -0.3 is 9.67 Å². The van der Waals surface area contributed by atoms with E-state index in [1.807, 2.05) is 25.3 Å². The van der Waals surface area contributed by atoms with E-state index in [1.165, 1.54) is 0 Å². The highest BCUT2D eigenvalue weighted by Crippen LogP contribution is 2.22. The van der Waals surface area contributed by atoms with Gasteiger partial charge in [0.05, 0.1) is 5.75 Å². The van der Waals surface area contributed by atoms with Gasteiger partial charge in [0.25, 0.3) is 0 Å². The monoisotopic (exact) mass is 305 g/mol. The first-order valence-corrected chi connectivity index (χ1v) is 8.53. The van der Waals surface area contributed by atoms with Gasteiger partial charge in [0.15, 0.2) is 5.16 Å². The number of carboxylic acids is 1. The van der Waals surface area contributed by atoms with Crippen LogP contribution >= 0.6 is 11.8 Å². The molecule has 6 nitrogen and oxygen atoms in total. The van der Waals surface area contributed by atoms with E-state index in [0.29, 0.717) is 11.7 Å². The van der Waals surface area contributed by atoms with Crippen molar-refractivity contribution in [1.82, 2.24) is 14.8 Å². The van der Waals surface area contributed by atoms with Gasteiger partial charge in [-0.2, -0.15) is 0 Å². The van der Waals surface area contributed by atoms with Gasteiger partial charge in [-0.15, -0.1) is 10.2 Å². The van der Waals surface area contributed by atoms with Crippen LogP contribution in [0.4, 0.5) is 0 Å². The second kappa shape index (κ2) is 7.04. The predicted molar refractivity (Wildman–Crippen MR) is 76.0 cm³/mol. The van der Waals surface area contributed by atoms with Crippen molar-refractivity contribution in [3.63, 3.8) is 0 Å². The molecule has 0 radical (unpaired) electrons. The Labute approximate surface area is 119 Å². The van der Waals surface area contributed by atoms with Gasteiger partial charge in [0.2, 0.25) is 0 Å². The van der Waals surface area contributed by atoms with Crippen molar-refractivity contribution in [2.75, 3.05) is 12.0 Å². The van der Waals surface area contributed by atoms with Gasteiger partial charge in [-0.05, 0) is 6.92 Å². The number of aliphatic carboxylic acids is 1. The Kier molecular flexibility index (Phi) is 5.99. The molecule has 8 heteroatoms. The van der Waals surface area contributed by atoms with Crippen LogP contribution in [-0.4, -0.2) is 47.3 Å². The molecule has 0 saturated heterocycles. The molecular formula is C11H19N3O3S2. The summed E-state index contributed by atoms with van der Waals surface area (Å²) in [7, 11) is -0.939. The average Bonchev–Trinajstić information content (AvgIpc) is 2.69. The number of aromatic nitrogens is 3. The van der Waals surface area contributed by atoms with Crippen molar-refractivity contribution in [1.29, 1.82) is 0 Å². The molecule has 0 spiro atoms. The van der Waals surface area contributed by atoms with Crippen LogP contribution in [0.3, 0.4) is 0 Å². The highest BCUT2D eigenvalue weighted by Gasteiger charge is 2.19. The quantitative estimate of drug-likeness (QED) is 0.765. The Balaban J connectivity index is 2.97. The molecule has 2 unspecified atom stereocenters. The Hall–Kier alpha value is -0.890. The number of rotatable bonds is 7. The zero-order chi connectivity index (χ0) is 14.6. The average molecular weight is 305 g/mol. The zero-order valence-corrected chi connectivity index (χ0v) is 13.1. The van der Waals surface area contributed by atoms with E-state index in [-0.39, 0.29) is 16.9 Å². The fourth-order valence-electron chi connectivity index (χ4n) is 1.49. The summed E-state index contributed by atoms with van der Waals surface area (Å²) in [5, 5.41) is 17.4. The van der Waals surface area contributed by atoms with Crippen molar-refractivity contribution in [3.8, 4) is 0 Å². The smallest absolute Gasteiger partial charge is 0.313 e. The van der Waals surface area contributed by atoms with Gasteiger partial charge in [-0.25, -0.2) is 0 Å². The molecule has 19 heavy (non-hydrogen) atoms. The predicted octanol–water partition coefficient (Wildman–Crippen LogP) is 1.35. The first-order valence-electron chi connectivity index (χ1n) is 5.92. The summed E-state index contributed by atoms with van der Waals surface area (Å²) in [6.07, 6.45) is 1.66. The van der Waals surface area contributed by atoms with Crippen LogP contribution in [0.5, 0.6) is 0 Å². The molecule has 1 N–H and O–H groups in total. The minimum Gasteiger partial charge on any atom is -0.481 e. The summed E-state index contributed by atoms with van der Waals surface area (Å²) in [6, 6.07) is 0. The molecule has 0 aliphatic rings. The van der Waals surface area contributed by atoms with Crippen LogP contribution in [0.25, 0.3) is 0 Å². The number of carboxylic acid groups (broad SMARTS) is 1. The Morgan fingerprint density at radius 2 is 2.05 bits per heavy atom. The SMILES string of the molecule is CC(C)c1nnc(SCC(=O)O)n1CC(C)S(C)=O. The third kappa shape index (κ3) is 4.61.